The maximum Gasteiger partial charge on any atom is 0.142 e. The normalized spacial score (nSPS) is 16.2. The van der Waals surface area contributed by atoms with Crippen molar-refractivity contribution in [1.82, 2.24) is 0 Å². The summed E-state index contributed by atoms with van der Waals surface area (Å²) in [5.74, 6) is 1.34. The quantitative estimate of drug-likeness (QED) is 0.861. The summed E-state index contributed by atoms with van der Waals surface area (Å²) in [6, 6.07) is 8.61. The van der Waals surface area contributed by atoms with Crippen LogP contribution in [0.1, 0.15) is 38.2 Å². The van der Waals surface area contributed by atoms with Crippen molar-refractivity contribution in [2.75, 3.05) is 19.0 Å². The maximum atomic E-state index is 9.06. The van der Waals surface area contributed by atoms with Crippen molar-refractivity contribution in [3.63, 3.8) is 0 Å². The molecule has 0 saturated heterocycles. The average Bonchev–Trinajstić information content (AvgIpc) is 3.16. The summed E-state index contributed by atoms with van der Waals surface area (Å²) >= 11 is 0. The molecule has 0 aliphatic heterocycles. The van der Waals surface area contributed by atoms with Crippen molar-refractivity contribution < 1.29 is 4.74 Å². The van der Waals surface area contributed by atoms with E-state index in [-0.39, 0.29) is 5.41 Å². The fraction of sp³-hybridized carbons (Fsp3) is 0.533. The van der Waals surface area contributed by atoms with Crippen LogP contribution in [0.4, 0.5) is 5.69 Å². The third kappa shape index (κ3) is 2.59. The van der Waals surface area contributed by atoms with Gasteiger partial charge in [-0.2, -0.15) is 5.26 Å². The molecule has 1 aliphatic carbocycles. The first-order valence-corrected chi connectivity index (χ1v) is 6.43. The van der Waals surface area contributed by atoms with E-state index in [1.54, 1.807) is 7.11 Å². The van der Waals surface area contributed by atoms with E-state index in [0.29, 0.717) is 12.5 Å². The smallest absolute Gasteiger partial charge is 0.142 e. The van der Waals surface area contributed by atoms with Crippen molar-refractivity contribution in [3.8, 4) is 11.8 Å². The molecule has 0 atom stereocenters. The fourth-order valence-electron chi connectivity index (χ4n) is 1.96. The van der Waals surface area contributed by atoms with Crippen LogP contribution in [-0.2, 0) is 0 Å². The number of nitrogens with one attached hydrogen (secondary N) is 1. The summed E-state index contributed by atoms with van der Waals surface area (Å²) in [4.78, 5) is 0. The highest BCUT2D eigenvalue weighted by molar-refractivity contribution is 5.58. The number of hydrogen-bond donors (Lipinski definition) is 1. The summed E-state index contributed by atoms with van der Waals surface area (Å²) in [5, 5.41) is 12.4. The monoisotopic (exact) mass is 244 g/mol. The Labute approximate surface area is 109 Å². The number of anilines is 1. The van der Waals surface area contributed by atoms with E-state index in [1.165, 1.54) is 5.56 Å². The highest BCUT2D eigenvalue weighted by atomic mass is 16.5. The number of nitrogens with zero attached hydrogens (tertiary/aromatic N) is 1. The average molecular weight is 244 g/mol. The van der Waals surface area contributed by atoms with Crippen molar-refractivity contribution in [1.29, 1.82) is 5.26 Å². The zero-order valence-electron chi connectivity index (χ0n) is 11.3. The molecule has 0 unspecified atom stereocenters. The molecule has 0 bridgehead atoms. The molecule has 3 heteroatoms. The van der Waals surface area contributed by atoms with Crippen LogP contribution in [0.25, 0.3) is 0 Å². The van der Waals surface area contributed by atoms with Gasteiger partial charge in [0.05, 0.1) is 24.3 Å². The molecule has 0 aromatic heterocycles. The highest BCUT2D eigenvalue weighted by Gasteiger charge is 2.42. The summed E-state index contributed by atoms with van der Waals surface area (Å²) in [6.45, 7) is 5.04. The van der Waals surface area contributed by atoms with Gasteiger partial charge in [0, 0.05) is 6.54 Å². The Bertz CT molecular complexity index is 470. The molecule has 1 aromatic carbocycles. The van der Waals surface area contributed by atoms with Crippen molar-refractivity contribution >= 4 is 5.69 Å². The van der Waals surface area contributed by atoms with Gasteiger partial charge < -0.3 is 10.1 Å². The molecule has 1 N–H and O–H groups in total. The number of hydrogen-bond acceptors (Lipinski definition) is 3. The highest BCUT2D eigenvalue weighted by Crippen LogP contribution is 2.45. The first-order valence-electron chi connectivity index (χ1n) is 6.43. The number of rotatable bonds is 5. The molecule has 0 radical (unpaired) electrons. The third-order valence-corrected chi connectivity index (χ3v) is 3.60. The summed E-state index contributed by atoms with van der Waals surface area (Å²) in [5.41, 5.74) is 2.10. The molecule has 1 aliphatic rings. The van der Waals surface area contributed by atoms with Crippen LogP contribution in [0.5, 0.6) is 5.75 Å². The second-order valence-corrected chi connectivity index (χ2v) is 5.36. The minimum atomic E-state index is -0.137. The maximum absolute atomic E-state index is 9.06. The molecule has 1 aromatic rings. The second kappa shape index (κ2) is 4.89. The van der Waals surface area contributed by atoms with Crippen molar-refractivity contribution in [3.05, 3.63) is 23.8 Å². The van der Waals surface area contributed by atoms with Crippen LogP contribution >= 0.6 is 0 Å². The largest absolute Gasteiger partial charge is 0.495 e. The van der Waals surface area contributed by atoms with Gasteiger partial charge in [-0.1, -0.05) is 19.9 Å². The van der Waals surface area contributed by atoms with Gasteiger partial charge in [-0.3, -0.25) is 0 Å². The molecule has 1 saturated carbocycles. The zero-order chi connectivity index (χ0) is 13.2. The lowest BCUT2D eigenvalue weighted by Crippen LogP contribution is -2.14. The number of methoxy groups -OCH3 is 1. The zero-order valence-corrected chi connectivity index (χ0v) is 11.3. The van der Waals surface area contributed by atoms with E-state index < -0.39 is 0 Å². The Balaban J connectivity index is 2.10. The third-order valence-electron chi connectivity index (χ3n) is 3.60. The van der Waals surface area contributed by atoms with Gasteiger partial charge >= 0.3 is 0 Å². The number of nitriles is 1. The van der Waals surface area contributed by atoms with Gasteiger partial charge in [0.25, 0.3) is 0 Å². The Kier molecular flexibility index (Phi) is 3.47. The molecule has 2 rings (SSSR count). The first-order chi connectivity index (χ1) is 8.60. The molecule has 0 spiro atoms. The van der Waals surface area contributed by atoms with Crippen molar-refractivity contribution in [2.24, 2.45) is 5.41 Å². The Hall–Kier alpha value is -1.69. The minimum Gasteiger partial charge on any atom is -0.495 e. The Morgan fingerprint density at radius 3 is 2.67 bits per heavy atom. The number of benzene rings is 1. The van der Waals surface area contributed by atoms with Gasteiger partial charge in [-0.05, 0) is 36.5 Å². The lowest BCUT2D eigenvalue weighted by molar-refractivity contribution is 0.415. The summed E-state index contributed by atoms with van der Waals surface area (Å²) in [7, 11) is 1.68. The Morgan fingerprint density at radius 2 is 2.17 bits per heavy atom. The summed E-state index contributed by atoms with van der Waals surface area (Å²) in [6.07, 6.45) is 2.01. The van der Waals surface area contributed by atoms with Crippen LogP contribution in [0.3, 0.4) is 0 Å². The summed E-state index contributed by atoms with van der Waals surface area (Å²) < 4.78 is 5.41. The van der Waals surface area contributed by atoms with Gasteiger partial charge in [0.2, 0.25) is 0 Å². The standard InChI is InChI=1S/C15H20N2O/c1-11(2)12-4-5-13(14(8-12)18-3)17-10-15(9-16)6-7-15/h4-5,8,11,17H,6-7,10H2,1-3H3. The molecule has 18 heavy (non-hydrogen) atoms. The fourth-order valence-corrected chi connectivity index (χ4v) is 1.96. The molecule has 0 amide bonds. The van der Waals surface area contributed by atoms with Crippen LogP contribution < -0.4 is 10.1 Å². The predicted octanol–water partition coefficient (Wildman–Crippen LogP) is 3.53. The van der Waals surface area contributed by atoms with Gasteiger partial charge in [-0.25, -0.2) is 0 Å². The SMILES string of the molecule is COc1cc(C(C)C)ccc1NCC1(C#N)CC1. The van der Waals surface area contributed by atoms with E-state index in [2.05, 4.69) is 37.4 Å². The minimum absolute atomic E-state index is 0.137. The predicted molar refractivity (Wildman–Crippen MR) is 72.9 cm³/mol. The van der Waals surface area contributed by atoms with E-state index in [4.69, 9.17) is 10.00 Å². The van der Waals surface area contributed by atoms with E-state index >= 15 is 0 Å². The lowest BCUT2D eigenvalue weighted by atomic mass is 10.0. The van der Waals surface area contributed by atoms with Crippen LogP contribution in [0.15, 0.2) is 18.2 Å². The van der Waals surface area contributed by atoms with Crippen LogP contribution in [0.2, 0.25) is 0 Å². The molecule has 0 heterocycles. The van der Waals surface area contributed by atoms with E-state index in [0.717, 1.165) is 24.3 Å². The topological polar surface area (TPSA) is 45.0 Å². The molecule has 96 valence electrons. The van der Waals surface area contributed by atoms with Gasteiger partial charge in [0.15, 0.2) is 0 Å². The number of ether oxygens (including phenoxy) is 1. The van der Waals surface area contributed by atoms with Gasteiger partial charge in [0.1, 0.15) is 5.75 Å². The molecular formula is C15H20N2O. The Morgan fingerprint density at radius 1 is 1.44 bits per heavy atom. The second-order valence-electron chi connectivity index (χ2n) is 5.36. The first kappa shape index (κ1) is 12.8. The van der Waals surface area contributed by atoms with Gasteiger partial charge in [-0.15, -0.1) is 0 Å². The van der Waals surface area contributed by atoms with E-state index in [1.807, 2.05) is 6.07 Å². The van der Waals surface area contributed by atoms with Crippen LogP contribution in [0, 0.1) is 16.7 Å². The van der Waals surface area contributed by atoms with Crippen LogP contribution in [-0.4, -0.2) is 13.7 Å². The van der Waals surface area contributed by atoms with E-state index in [9.17, 15) is 0 Å². The van der Waals surface area contributed by atoms with Crippen molar-refractivity contribution in [2.45, 2.75) is 32.6 Å². The molecule has 3 nitrogen and oxygen atoms in total. The molecular weight excluding hydrogens is 224 g/mol. The lowest BCUT2D eigenvalue weighted by Gasteiger charge is -2.15. The molecule has 1 fully saturated rings.